The molecule has 1 aromatic carbocycles. The van der Waals surface area contributed by atoms with Crippen LogP contribution in [0.2, 0.25) is 0 Å². The summed E-state index contributed by atoms with van der Waals surface area (Å²) in [5.41, 5.74) is -5.88. The third-order valence-corrected chi connectivity index (χ3v) is 14.5. The average Bonchev–Trinajstić information content (AvgIpc) is 1.29. The molecule has 1 aliphatic heterocycles. The van der Waals surface area contributed by atoms with Crippen molar-refractivity contribution in [3.63, 3.8) is 0 Å². The summed E-state index contributed by atoms with van der Waals surface area (Å²) >= 11 is 0. The number of nitrogens with one attached hydrogen (secondary N) is 5. The van der Waals surface area contributed by atoms with E-state index in [0.29, 0.717) is 12.2 Å². The molecule has 0 aliphatic carbocycles. The van der Waals surface area contributed by atoms with E-state index in [1.54, 1.807) is 24.3 Å². The molecule has 5 amide bonds. The van der Waals surface area contributed by atoms with Gasteiger partial charge in [0.2, 0.25) is 23.6 Å². The van der Waals surface area contributed by atoms with Gasteiger partial charge in [0.15, 0.2) is 0 Å². The van der Waals surface area contributed by atoms with Crippen LogP contribution in [0.15, 0.2) is 24.3 Å². The number of carboxylic acid groups (broad SMARTS) is 9. The van der Waals surface area contributed by atoms with E-state index >= 15 is 0 Å². The second-order valence-electron chi connectivity index (χ2n) is 24.3. The van der Waals surface area contributed by atoms with Crippen LogP contribution in [0.3, 0.4) is 0 Å². The van der Waals surface area contributed by atoms with Crippen molar-refractivity contribution in [2.24, 2.45) is 0 Å². The summed E-state index contributed by atoms with van der Waals surface area (Å²) < 4.78 is 73.8. The van der Waals surface area contributed by atoms with Gasteiger partial charge in [-0.1, -0.05) is 12.1 Å². The van der Waals surface area contributed by atoms with Gasteiger partial charge in [-0.15, -0.1) is 0 Å². The lowest BCUT2D eigenvalue weighted by Crippen LogP contribution is -2.60. The van der Waals surface area contributed by atoms with Crippen LogP contribution in [0.4, 0.5) is 0 Å². The third kappa shape index (κ3) is 46.3. The zero-order chi connectivity index (χ0) is 78.7. The summed E-state index contributed by atoms with van der Waals surface area (Å²) in [6.07, 6.45) is -6.45. The van der Waals surface area contributed by atoms with Gasteiger partial charge in [-0.25, -0.2) is 0 Å². The molecule has 106 heavy (non-hydrogen) atoms. The van der Waals surface area contributed by atoms with E-state index in [0.717, 1.165) is 5.56 Å². The van der Waals surface area contributed by atoms with E-state index in [-0.39, 0.29) is 25.5 Å². The van der Waals surface area contributed by atoms with Crippen LogP contribution in [-0.2, 0) is 124 Å². The molecule has 0 spiro atoms. The van der Waals surface area contributed by atoms with Gasteiger partial charge in [0, 0.05) is 37.8 Å². The van der Waals surface area contributed by atoms with Crippen molar-refractivity contribution in [3.8, 4) is 0 Å². The molecule has 1 aliphatic rings. The van der Waals surface area contributed by atoms with E-state index in [2.05, 4.69) is 26.6 Å². The maximum absolute atomic E-state index is 14.3. The van der Waals surface area contributed by atoms with Crippen molar-refractivity contribution < 1.29 is 175 Å². The van der Waals surface area contributed by atoms with Gasteiger partial charge < -0.3 is 134 Å². The molecule has 1 aromatic rings. The number of aliphatic carboxylic acids is 9. The van der Waals surface area contributed by atoms with Gasteiger partial charge in [-0.2, -0.15) is 0 Å². The maximum atomic E-state index is 14.3. The standard InChI is InChI=1S/C65H99N5O36/c71-48(2-1-19-66-61(93)46-5-3-45(4-6-46)47-32-106-47)67-62(33-94-20-7-49(72)68-63(36-97-23-10-52(75)76,37-98-24-11-53(77)78)38-99-25-12-54(79)80,34-95-21-8-50(73)69-64(39-100-26-13-55(81)82,40-101-27-14-56(83)84)41-102-28-15-57(85)86)35-96-22-9-51(74)70-65(42-103-29-16-58(87)88,43-104-30-17-59(89)90)44-105-31-18-60(91)92/h3-6,47H,1-2,7-44H2,(H,66,93)(H,67,71)(H,68,72)(H,69,73)(H,70,74)(H,75,76)(H,77,78)(H,79,80)(H,81,82)(H,83,84)(H,85,86)(H,87,88)(H,89,90)(H,91,92). The minimum absolute atomic E-state index is 0.0101. The number of ether oxygens (including phenoxy) is 13. The average molecular weight is 1530 g/mol. The summed E-state index contributed by atoms with van der Waals surface area (Å²) in [6.45, 7) is -11.1. The molecule has 1 unspecified atom stereocenters. The van der Waals surface area contributed by atoms with E-state index in [9.17, 15) is 113 Å². The molecule has 1 heterocycles. The summed E-state index contributed by atoms with van der Waals surface area (Å²) in [7, 11) is 0. The van der Waals surface area contributed by atoms with E-state index < -0.39 is 341 Å². The lowest BCUT2D eigenvalue weighted by atomic mass is 10.0. The Morgan fingerprint density at radius 3 is 0.679 bits per heavy atom. The van der Waals surface area contributed by atoms with Crippen molar-refractivity contribution in [3.05, 3.63) is 35.4 Å². The van der Waals surface area contributed by atoms with E-state index in [1.165, 1.54) is 0 Å². The minimum atomic E-state index is -1.90. The number of carbonyl (C=O) groups excluding carboxylic acids is 5. The predicted octanol–water partition coefficient (Wildman–Crippen LogP) is -1.67. The Balaban J connectivity index is 2.71. The number of carbonyl (C=O) groups is 14. The van der Waals surface area contributed by atoms with Crippen LogP contribution in [0.25, 0.3) is 0 Å². The summed E-state index contributed by atoms with van der Waals surface area (Å²) in [5, 5.41) is 97.0. The monoisotopic (exact) mass is 1530 g/mol. The first-order valence-corrected chi connectivity index (χ1v) is 33.5. The van der Waals surface area contributed by atoms with Crippen LogP contribution < -0.4 is 26.6 Å². The number of hydrogen-bond donors (Lipinski definition) is 14. The first-order chi connectivity index (χ1) is 50.4. The Morgan fingerprint density at radius 1 is 0.302 bits per heavy atom. The molecule has 41 nitrogen and oxygen atoms in total. The van der Waals surface area contributed by atoms with Crippen molar-refractivity contribution >= 4 is 83.3 Å². The molecular weight excluding hydrogens is 1430 g/mol. The van der Waals surface area contributed by atoms with Crippen LogP contribution in [-0.4, -0.2) is 323 Å². The number of amides is 5. The second-order valence-corrected chi connectivity index (χ2v) is 24.3. The molecule has 600 valence electrons. The fourth-order valence-electron chi connectivity index (χ4n) is 9.15. The summed E-state index contributed by atoms with van der Waals surface area (Å²) in [6, 6.07) is 6.67. The van der Waals surface area contributed by atoms with E-state index in [1.807, 2.05) is 0 Å². The Kier molecular flexibility index (Phi) is 46.8. The highest BCUT2D eigenvalue weighted by atomic mass is 16.6. The molecule has 41 heteroatoms. The lowest BCUT2D eigenvalue weighted by molar-refractivity contribution is -0.142. The summed E-state index contributed by atoms with van der Waals surface area (Å²) in [4.78, 5) is 172. The third-order valence-electron chi connectivity index (χ3n) is 14.5. The van der Waals surface area contributed by atoms with Gasteiger partial charge in [0.1, 0.15) is 28.3 Å². The maximum Gasteiger partial charge on any atom is 0.305 e. The molecule has 0 bridgehead atoms. The highest BCUT2D eigenvalue weighted by Gasteiger charge is 2.39. The number of benzene rings is 1. The Labute approximate surface area is 608 Å². The number of epoxide rings is 1. The number of hydrogen-bond acceptors (Lipinski definition) is 27. The lowest BCUT2D eigenvalue weighted by Gasteiger charge is -2.35. The Morgan fingerprint density at radius 2 is 0.491 bits per heavy atom. The Hall–Kier alpha value is -8.72. The zero-order valence-electron chi connectivity index (χ0n) is 58.7. The molecule has 0 saturated carbocycles. The van der Waals surface area contributed by atoms with Gasteiger partial charge in [-0.05, 0) is 24.1 Å². The predicted molar refractivity (Wildman–Crippen MR) is 354 cm³/mol. The summed E-state index contributed by atoms with van der Waals surface area (Å²) in [5.74, 6) is -14.9. The van der Waals surface area contributed by atoms with Crippen molar-refractivity contribution in [1.82, 2.24) is 26.6 Å². The SMILES string of the molecule is O=C(O)CCOCC(COCCC(=O)O)(COCCC(=O)O)NC(=O)CCOCC(COCCC(=O)NC(COCCC(=O)O)(COCCC(=O)O)COCCC(=O)O)(COCCC(=O)NC(COCCC(=O)O)(COCCC(=O)O)COCCC(=O)O)NC(=O)CCCNC(=O)c1ccc(C2CO2)cc1. The molecule has 2 rings (SSSR count). The van der Waals surface area contributed by atoms with Crippen LogP contribution in [0.5, 0.6) is 0 Å². The van der Waals surface area contributed by atoms with E-state index in [4.69, 9.17) is 61.6 Å². The number of carboxylic acids is 9. The largest absolute Gasteiger partial charge is 0.481 e. The second kappa shape index (κ2) is 53.1. The molecule has 1 atom stereocenters. The highest BCUT2D eigenvalue weighted by Crippen LogP contribution is 2.29. The fraction of sp³-hybridized carbons (Fsp3) is 0.692. The van der Waals surface area contributed by atoms with Crippen LogP contribution in [0, 0.1) is 0 Å². The van der Waals surface area contributed by atoms with Gasteiger partial charge >= 0.3 is 53.7 Å². The molecular formula is C65H99N5O36. The van der Waals surface area contributed by atoms with Crippen molar-refractivity contribution in [2.75, 3.05) is 172 Å². The highest BCUT2D eigenvalue weighted by molar-refractivity contribution is 5.94. The molecule has 0 aromatic heterocycles. The van der Waals surface area contributed by atoms with Crippen molar-refractivity contribution in [1.29, 1.82) is 0 Å². The Bertz CT molecular complexity index is 2520. The zero-order valence-corrected chi connectivity index (χ0v) is 58.7. The topological polar surface area (TPSA) is 604 Å². The normalized spacial score (nSPS) is 12.9. The first-order valence-electron chi connectivity index (χ1n) is 33.5. The van der Waals surface area contributed by atoms with Gasteiger partial charge in [0.05, 0.1) is 223 Å². The first kappa shape index (κ1) is 93.4. The smallest absolute Gasteiger partial charge is 0.305 e. The molecule has 0 radical (unpaired) electrons. The molecule has 14 N–H and O–H groups in total. The quantitative estimate of drug-likeness (QED) is 0.0256. The van der Waals surface area contributed by atoms with Crippen LogP contribution in [0.1, 0.15) is 112 Å². The molecule has 1 fully saturated rings. The van der Waals surface area contributed by atoms with Gasteiger partial charge in [-0.3, -0.25) is 67.1 Å². The van der Waals surface area contributed by atoms with Gasteiger partial charge in [0.25, 0.3) is 5.91 Å². The fourth-order valence-corrected chi connectivity index (χ4v) is 9.15. The minimum Gasteiger partial charge on any atom is -0.481 e. The molecule has 1 saturated heterocycles. The van der Waals surface area contributed by atoms with Crippen molar-refractivity contribution in [2.45, 2.75) is 118 Å². The van der Waals surface area contributed by atoms with Crippen LogP contribution >= 0.6 is 0 Å². The number of rotatable bonds is 70.